The van der Waals surface area contributed by atoms with Gasteiger partial charge in [-0.15, -0.1) is 0 Å². The zero-order valence-corrected chi connectivity index (χ0v) is 23.7. The molecule has 41 heavy (non-hydrogen) atoms. The summed E-state index contributed by atoms with van der Waals surface area (Å²) in [7, 11) is -3.74. The molecule has 1 aromatic carbocycles. The molecule has 10 nitrogen and oxygen atoms in total. The van der Waals surface area contributed by atoms with Gasteiger partial charge in [0.05, 0.1) is 35.0 Å². The molecule has 3 aliphatic heterocycles. The predicted molar refractivity (Wildman–Crippen MR) is 155 cm³/mol. The van der Waals surface area contributed by atoms with Gasteiger partial charge in [-0.1, -0.05) is 0 Å². The monoisotopic (exact) mass is 590 g/mol. The highest BCUT2D eigenvalue weighted by Crippen LogP contribution is 2.54. The molecule has 2 saturated heterocycles. The SMILES string of the molecule is O=C(Nc1cc2c(c(N3CCC(F)(F)CC3)n1)NCC2)c1ccc(NS(=O)(=O)CCO)cc1N1CCC2(CC1)CC2. The molecular formula is C28H36F2N6O4S. The maximum absolute atomic E-state index is 13.8. The van der Waals surface area contributed by atoms with Gasteiger partial charge in [0, 0.05) is 45.6 Å². The molecule has 0 radical (unpaired) electrons. The van der Waals surface area contributed by atoms with Crippen molar-refractivity contribution in [3.8, 4) is 0 Å². The minimum Gasteiger partial charge on any atom is -0.395 e. The van der Waals surface area contributed by atoms with Crippen LogP contribution < -0.4 is 25.2 Å². The number of alkyl halides is 2. The van der Waals surface area contributed by atoms with Gasteiger partial charge in [-0.05, 0) is 67.3 Å². The number of aromatic nitrogens is 1. The molecule has 1 aliphatic carbocycles. The number of fused-ring (bicyclic) bond motifs is 1. The van der Waals surface area contributed by atoms with E-state index in [0.717, 1.165) is 43.6 Å². The number of amides is 1. The fourth-order valence-corrected chi connectivity index (χ4v) is 6.94. The van der Waals surface area contributed by atoms with Gasteiger partial charge in [-0.25, -0.2) is 22.2 Å². The standard InChI is InChI=1S/C28H36F2N6O4S/c29-28(30)8-13-36(14-9-28)25-24-19(3-10-31-24)17-23(32-25)33-26(38)21-2-1-20(34-41(39,40)16-15-37)18-22(21)35-11-6-27(4-5-27)7-12-35/h1-2,17-18,31,34,37H,3-16H2,(H,32,33,38). The van der Waals surface area contributed by atoms with Gasteiger partial charge in [0.15, 0.2) is 5.82 Å². The number of nitrogens with one attached hydrogen (secondary N) is 3. The second kappa shape index (κ2) is 10.6. The quantitative estimate of drug-likeness (QED) is 0.367. The Morgan fingerprint density at radius 3 is 2.41 bits per heavy atom. The maximum atomic E-state index is 13.8. The number of rotatable bonds is 8. The number of benzene rings is 1. The lowest BCUT2D eigenvalue weighted by atomic mass is 9.93. The lowest BCUT2D eigenvalue weighted by Gasteiger charge is -2.35. The first kappa shape index (κ1) is 28.0. The van der Waals surface area contributed by atoms with Crippen molar-refractivity contribution >= 4 is 44.6 Å². The van der Waals surface area contributed by atoms with E-state index in [2.05, 4.69) is 20.3 Å². The van der Waals surface area contributed by atoms with E-state index >= 15 is 0 Å². The first-order valence-corrected chi connectivity index (χ1v) is 15.9. The van der Waals surface area contributed by atoms with Crippen molar-refractivity contribution in [2.45, 2.75) is 50.9 Å². The van der Waals surface area contributed by atoms with Gasteiger partial charge in [0.25, 0.3) is 11.8 Å². The van der Waals surface area contributed by atoms with E-state index in [1.54, 1.807) is 18.2 Å². The highest BCUT2D eigenvalue weighted by Gasteiger charge is 2.44. The average molecular weight is 591 g/mol. The van der Waals surface area contributed by atoms with E-state index in [0.29, 0.717) is 40.5 Å². The summed E-state index contributed by atoms with van der Waals surface area (Å²) in [5.74, 6) is -2.57. The molecule has 4 aliphatic rings. The van der Waals surface area contributed by atoms with Crippen LogP contribution in [0, 0.1) is 5.41 Å². The highest BCUT2D eigenvalue weighted by molar-refractivity contribution is 7.92. The molecule has 0 bridgehead atoms. The van der Waals surface area contributed by atoms with Crippen LogP contribution in [0.5, 0.6) is 0 Å². The summed E-state index contributed by atoms with van der Waals surface area (Å²) in [5, 5.41) is 15.4. The van der Waals surface area contributed by atoms with Crippen molar-refractivity contribution in [3.05, 3.63) is 35.4 Å². The van der Waals surface area contributed by atoms with Crippen LogP contribution in [0.15, 0.2) is 24.3 Å². The fourth-order valence-electron chi connectivity index (χ4n) is 6.12. The molecule has 222 valence electrons. The highest BCUT2D eigenvalue weighted by atomic mass is 32.2. The molecule has 4 N–H and O–H groups in total. The van der Waals surface area contributed by atoms with Crippen molar-refractivity contribution in [1.82, 2.24) is 4.98 Å². The maximum Gasteiger partial charge on any atom is 0.258 e. The third-order valence-corrected chi connectivity index (χ3v) is 10.1. The number of piperidine rings is 2. The summed E-state index contributed by atoms with van der Waals surface area (Å²) in [6.45, 7) is 2.10. The van der Waals surface area contributed by atoms with Crippen LogP contribution in [0.3, 0.4) is 0 Å². The second-order valence-electron chi connectivity index (χ2n) is 11.7. The van der Waals surface area contributed by atoms with Gasteiger partial charge in [0.1, 0.15) is 5.82 Å². The number of carbonyl (C=O) groups is 1. The van der Waals surface area contributed by atoms with Crippen LogP contribution in [0.4, 0.5) is 37.5 Å². The minimum atomic E-state index is -3.74. The smallest absolute Gasteiger partial charge is 0.258 e. The van der Waals surface area contributed by atoms with Crippen molar-refractivity contribution in [2.24, 2.45) is 5.41 Å². The third kappa shape index (κ3) is 6.06. The first-order valence-electron chi connectivity index (χ1n) is 14.3. The summed E-state index contributed by atoms with van der Waals surface area (Å²) >= 11 is 0. The molecule has 2 aromatic rings. The van der Waals surface area contributed by atoms with E-state index in [-0.39, 0.29) is 31.8 Å². The average Bonchev–Trinajstić information content (AvgIpc) is 3.50. The fraction of sp³-hybridized carbons (Fsp3) is 0.571. The number of anilines is 5. The number of hydrogen-bond donors (Lipinski definition) is 4. The number of hydrogen-bond acceptors (Lipinski definition) is 8. The van der Waals surface area contributed by atoms with Gasteiger partial charge in [-0.3, -0.25) is 9.52 Å². The minimum absolute atomic E-state index is 0.180. The molecule has 4 heterocycles. The van der Waals surface area contributed by atoms with Crippen LogP contribution >= 0.6 is 0 Å². The van der Waals surface area contributed by atoms with E-state index in [9.17, 15) is 22.0 Å². The summed E-state index contributed by atoms with van der Waals surface area (Å²) in [6, 6.07) is 6.64. The van der Waals surface area contributed by atoms with Crippen LogP contribution in [0.2, 0.25) is 0 Å². The van der Waals surface area contributed by atoms with E-state index in [4.69, 9.17) is 10.1 Å². The van der Waals surface area contributed by atoms with Crippen LogP contribution in [0.1, 0.15) is 54.4 Å². The van der Waals surface area contributed by atoms with Crippen LogP contribution in [0.25, 0.3) is 0 Å². The summed E-state index contributed by atoms with van der Waals surface area (Å²) in [4.78, 5) is 22.4. The molecule has 1 aromatic heterocycles. The Kier molecular flexibility index (Phi) is 7.21. The summed E-state index contributed by atoms with van der Waals surface area (Å²) in [6.07, 6.45) is 4.75. The lowest BCUT2D eigenvalue weighted by Crippen LogP contribution is -2.40. The molecule has 3 fully saturated rings. The molecular weight excluding hydrogens is 554 g/mol. The lowest BCUT2D eigenvalue weighted by molar-refractivity contribution is -0.0221. The molecule has 1 saturated carbocycles. The Morgan fingerprint density at radius 2 is 1.73 bits per heavy atom. The molecule has 6 rings (SSSR count). The second-order valence-corrected chi connectivity index (χ2v) is 13.5. The molecule has 0 atom stereocenters. The van der Waals surface area contributed by atoms with Crippen molar-refractivity contribution < 1.29 is 27.1 Å². The predicted octanol–water partition coefficient (Wildman–Crippen LogP) is 3.65. The van der Waals surface area contributed by atoms with E-state index in [1.165, 1.54) is 12.8 Å². The molecule has 0 unspecified atom stereocenters. The molecule has 1 spiro atoms. The number of aliphatic hydroxyl groups excluding tert-OH is 1. The Balaban J connectivity index is 1.28. The van der Waals surface area contributed by atoms with Crippen molar-refractivity contribution in [3.63, 3.8) is 0 Å². The number of nitrogens with zero attached hydrogens (tertiary/aromatic N) is 3. The van der Waals surface area contributed by atoms with Crippen LogP contribution in [-0.4, -0.2) is 75.4 Å². The Morgan fingerprint density at radius 1 is 1.02 bits per heavy atom. The van der Waals surface area contributed by atoms with Crippen LogP contribution in [-0.2, 0) is 16.4 Å². The topological polar surface area (TPSA) is 127 Å². The summed E-state index contributed by atoms with van der Waals surface area (Å²) < 4.78 is 54.8. The zero-order valence-electron chi connectivity index (χ0n) is 22.9. The third-order valence-electron chi connectivity index (χ3n) is 8.81. The van der Waals surface area contributed by atoms with Gasteiger partial charge < -0.3 is 25.5 Å². The Bertz CT molecular complexity index is 1430. The van der Waals surface area contributed by atoms with Gasteiger partial charge >= 0.3 is 0 Å². The normalized spacial score (nSPS) is 20.9. The van der Waals surface area contributed by atoms with Gasteiger partial charge in [-0.2, -0.15) is 0 Å². The van der Waals surface area contributed by atoms with Gasteiger partial charge in [0.2, 0.25) is 10.0 Å². The summed E-state index contributed by atoms with van der Waals surface area (Å²) in [5.41, 5.74) is 3.56. The number of aliphatic hydroxyl groups is 1. The molecule has 1 amide bonds. The van der Waals surface area contributed by atoms with E-state index in [1.807, 2.05) is 11.0 Å². The number of pyridine rings is 1. The number of carbonyl (C=O) groups excluding carboxylic acids is 1. The Labute approximate surface area is 238 Å². The van der Waals surface area contributed by atoms with Crippen molar-refractivity contribution in [2.75, 3.05) is 70.2 Å². The largest absolute Gasteiger partial charge is 0.395 e. The zero-order chi connectivity index (χ0) is 28.8. The van der Waals surface area contributed by atoms with Crippen molar-refractivity contribution in [1.29, 1.82) is 0 Å². The number of halogens is 2. The van der Waals surface area contributed by atoms with E-state index < -0.39 is 28.3 Å². The first-order chi connectivity index (χ1) is 19.6. The Hall–Kier alpha value is -3.19. The number of sulfonamides is 1. The molecule has 13 heteroatoms.